The second-order valence-corrected chi connectivity index (χ2v) is 7.57. The molecule has 0 saturated carbocycles. The zero-order valence-corrected chi connectivity index (χ0v) is 14.7. The van der Waals surface area contributed by atoms with Crippen LogP contribution in [0, 0.1) is 23.2 Å². The number of esters is 1. The first-order valence-electron chi connectivity index (χ1n) is 6.95. The molecule has 1 heterocycles. The SMILES string of the molecule is CCOC(=O)C(C#N)C1CNP(=O)(N(CCCl)CCCl)OC1. The summed E-state index contributed by atoms with van der Waals surface area (Å²) in [5.74, 6) is -1.37. The molecule has 0 aliphatic carbocycles. The number of ether oxygens (including phenoxy) is 1. The van der Waals surface area contributed by atoms with Crippen LogP contribution in [0.2, 0.25) is 0 Å². The fourth-order valence-corrected chi connectivity index (χ4v) is 4.77. The van der Waals surface area contributed by atoms with E-state index >= 15 is 0 Å². The van der Waals surface area contributed by atoms with E-state index in [-0.39, 0.29) is 19.8 Å². The summed E-state index contributed by atoms with van der Waals surface area (Å²) >= 11 is 11.4. The van der Waals surface area contributed by atoms with E-state index in [1.165, 1.54) is 0 Å². The van der Waals surface area contributed by atoms with Crippen LogP contribution in [0.3, 0.4) is 0 Å². The van der Waals surface area contributed by atoms with Gasteiger partial charge >= 0.3 is 13.6 Å². The van der Waals surface area contributed by atoms with Crippen LogP contribution in [-0.4, -0.2) is 55.2 Å². The van der Waals surface area contributed by atoms with Crippen molar-refractivity contribution >= 4 is 36.8 Å². The average Bonchev–Trinajstić information content (AvgIpc) is 2.50. The van der Waals surface area contributed by atoms with Crippen molar-refractivity contribution in [1.82, 2.24) is 9.76 Å². The molecule has 1 aliphatic rings. The molecule has 0 amide bonds. The van der Waals surface area contributed by atoms with E-state index < -0.39 is 25.5 Å². The summed E-state index contributed by atoms with van der Waals surface area (Å²) in [6.07, 6.45) is 0. The maximum Gasteiger partial charge on any atom is 0.343 e. The topological polar surface area (TPSA) is 91.7 Å². The number of hydrogen-bond donors (Lipinski definition) is 1. The van der Waals surface area contributed by atoms with Crippen molar-refractivity contribution in [3.05, 3.63) is 0 Å². The van der Waals surface area contributed by atoms with Gasteiger partial charge in [-0.15, -0.1) is 23.2 Å². The van der Waals surface area contributed by atoms with E-state index in [0.29, 0.717) is 24.8 Å². The zero-order chi connectivity index (χ0) is 16.6. The van der Waals surface area contributed by atoms with Gasteiger partial charge in [-0.05, 0) is 6.92 Å². The Kier molecular flexibility index (Phi) is 8.70. The average molecular weight is 372 g/mol. The summed E-state index contributed by atoms with van der Waals surface area (Å²) in [5, 5.41) is 11.9. The van der Waals surface area contributed by atoms with Gasteiger partial charge in [-0.2, -0.15) is 5.26 Å². The number of halogens is 2. The van der Waals surface area contributed by atoms with Crippen LogP contribution in [0.15, 0.2) is 0 Å². The Labute approximate surface area is 140 Å². The Morgan fingerprint density at radius 2 is 2.18 bits per heavy atom. The second-order valence-electron chi connectivity index (χ2n) is 4.63. The van der Waals surface area contributed by atoms with Gasteiger partial charge in [0.25, 0.3) is 0 Å². The van der Waals surface area contributed by atoms with Crippen LogP contribution in [0.4, 0.5) is 0 Å². The lowest BCUT2D eigenvalue weighted by Crippen LogP contribution is -2.43. The minimum atomic E-state index is -3.24. The van der Waals surface area contributed by atoms with Crippen molar-refractivity contribution in [2.45, 2.75) is 6.92 Å². The molecule has 126 valence electrons. The Morgan fingerprint density at radius 3 is 2.59 bits per heavy atom. The van der Waals surface area contributed by atoms with Crippen LogP contribution < -0.4 is 5.09 Å². The highest BCUT2D eigenvalue weighted by Gasteiger charge is 2.41. The molecule has 0 aromatic carbocycles. The van der Waals surface area contributed by atoms with Gasteiger partial charge in [0.15, 0.2) is 0 Å². The largest absolute Gasteiger partial charge is 0.465 e. The molecule has 3 atom stereocenters. The quantitative estimate of drug-likeness (QED) is 0.395. The van der Waals surface area contributed by atoms with Gasteiger partial charge in [0, 0.05) is 37.3 Å². The second kappa shape index (κ2) is 9.71. The molecule has 10 heteroatoms. The van der Waals surface area contributed by atoms with Gasteiger partial charge in [-0.25, -0.2) is 9.76 Å². The molecule has 1 fully saturated rings. The van der Waals surface area contributed by atoms with Gasteiger partial charge in [0.05, 0.1) is 19.3 Å². The number of carbonyl (C=O) groups excluding carboxylic acids is 1. The smallest absolute Gasteiger partial charge is 0.343 e. The lowest BCUT2D eigenvalue weighted by molar-refractivity contribution is -0.148. The number of rotatable bonds is 8. The molecular formula is C12H20Cl2N3O4P. The molecule has 1 saturated heterocycles. The van der Waals surface area contributed by atoms with Crippen molar-refractivity contribution in [2.24, 2.45) is 11.8 Å². The van der Waals surface area contributed by atoms with E-state index in [1.54, 1.807) is 11.6 Å². The van der Waals surface area contributed by atoms with Crippen LogP contribution >= 0.6 is 30.9 Å². The van der Waals surface area contributed by atoms with Crippen molar-refractivity contribution in [3.8, 4) is 6.07 Å². The number of hydrogen-bond acceptors (Lipinski definition) is 5. The molecule has 0 bridgehead atoms. The summed E-state index contributed by atoms with van der Waals surface area (Å²) in [6, 6.07) is 1.92. The fourth-order valence-electron chi connectivity index (χ4n) is 2.08. The highest BCUT2D eigenvalue weighted by Crippen LogP contribution is 2.49. The third kappa shape index (κ3) is 5.09. The summed E-state index contributed by atoms with van der Waals surface area (Å²) < 4.78 is 24.6. The van der Waals surface area contributed by atoms with Crippen molar-refractivity contribution in [3.63, 3.8) is 0 Å². The molecular weight excluding hydrogens is 352 g/mol. The maximum absolute atomic E-state index is 12.7. The molecule has 22 heavy (non-hydrogen) atoms. The first-order valence-corrected chi connectivity index (χ1v) is 9.60. The van der Waals surface area contributed by atoms with Crippen LogP contribution in [-0.2, 0) is 18.6 Å². The van der Waals surface area contributed by atoms with Crippen LogP contribution in [0.1, 0.15) is 6.92 Å². The summed E-state index contributed by atoms with van der Waals surface area (Å²) in [6.45, 7) is 2.85. The Bertz CT molecular complexity index is 442. The van der Waals surface area contributed by atoms with Crippen LogP contribution in [0.25, 0.3) is 0 Å². The van der Waals surface area contributed by atoms with E-state index in [4.69, 9.17) is 37.7 Å². The van der Waals surface area contributed by atoms with E-state index in [0.717, 1.165) is 0 Å². The molecule has 0 spiro atoms. The number of carbonyl (C=O) groups is 1. The van der Waals surface area contributed by atoms with E-state index in [9.17, 15) is 9.36 Å². The lowest BCUT2D eigenvalue weighted by Gasteiger charge is -2.36. The molecule has 1 aliphatic heterocycles. The Morgan fingerprint density at radius 1 is 1.55 bits per heavy atom. The van der Waals surface area contributed by atoms with Gasteiger partial charge in [-0.1, -0.05) is 0 Å². The molecule has 1 N–H and O–H groups in total. The van der Waals surface area contributed by atoms with Gasteiger partial charge < -0.3 is 9.26 Å². The van der Waals surface area contributed by atoms with E-state index in [1.807, 2.05) is 6.07 Å². The summed E-state index contributed by atoms with van der Waals surface area (Å²) in [5.41, 5.74) is 0. The number of alkyl halides is 2. The number of nitrogens with zero attached hydrogens (tertiary/aromatic N) is 2. The molecule has 7 nitrogen and oxygen atoms in total. The Balaban J connectivity index is 2.69. The predicted molar refractivity (Wildman–Crippen MR) is 83.8 cm³/mol. The summed E-state index contributed by atoms with van der Waals surface area (Å²) in [4.78, 5) is 11.7. The monoisotopic (exact) mass is 371 g/mol. The normalized spacial score (nSPS) is 26.4. The summed E-state index contributed by atoms with van der Waals surface area (Å²) in [7, 11) is -3.24. The highest BCUT2D eigenvalue weighted by molar-refractivity contribution is 7.54. The van der Waals surface area contributed by atoms with Gasteiger partial charge in [0.2, 0.25) is 0 Å². The van der Waals surface area contributed by atoms with Crippen LogP contribution in [0.5, 0.6) is 0 Å². The zero-order valence-electron chi connectivity index (χ0n) is 12.3. The minimum Gasteiger partial charge on any atom is -0.465 e. The van der Waals surface area contributed by atoms with Gasteiger partial charge in [-0.3, -0.25) is 9.36 Å². The number of nitriles is 1. The third-order valence-electron chi connectivity index (χ3n) is 3.23. The maximum atomic E-state index is 12.7. The van der Waals surface area contributed by atoms with Crippen molar-refractivity contribution in [2.75, 3.05) is 44.6 Å². The van der Waals surface area contributed by atoms with Gasteiger partial charge in [0.1, 0.15) is 5.92 Å². The Hall–Kier alpha value is -0.350. The van der Waals surface area contributed by atoms with Crippen molar-refractivity contribution < 1.29 is 18.6 Å². The fraction of sp³-hybridized carbons (Fsp3) is 0.833. The molecule has 0 aromatic heterocycles. The molecule has 0 aromatic rings. The van der Waals surface area contributed by atoms with Crippen molar-refractivity contribution in [1.29, 1.82) is 5.26 Å². The highest BCUT2D eigenvalue weighted by atomic mass is 35.5. The first kappa shape index (κ1) is 19.7. The third-order valence-corrected chi connectivity index (χ3v) is 5.79. The molecule has 0 radical (unpaired) electrons. The van der Waals surface area contributed by atoms with E-state index in [2.05, 4.69) is 5.09 Å². The predicted octanol–water partition coefficient (Wildman–Crippen LogP) is 1.81. The molecule has 3 unspecified atom stereocenters. The molecule has 1 rings (SSSR count). The minimum absolute atomic E-state index is 0.0301. The lowest BCUT2D eigenvalue weighted by atomic mass is 9.94. The standard InChI is InChI=1S/C12H20Cl2N3O4P/c1-2-20-12(18)11(7-15)10-8-16-22(19,21-9-10)17(5-3-13)6-4-14/h10-11H,2-6,8-9H2,1H3,(H,16,19). The number of nitrogens with one attached hydrogen (secondary N) is 1. The first-order chi connectivity index (χ1) is 10.5.